The summed E-state index contributed by atoms with van der Waals surface area (Å²) in [6.07, 6.45) is 3.63. The van der Waals surface area contributed by atoms with Crippen LogP contribution in [0.15, 0.2) is 22.5 Å². The maximum absolute atomic E-state index is 8.74. The van der Waals surface area contributed by atoms with Crippen molar-refractivity contribution in [2.45, 2.75) is 0 Å². The Balaban J connectivity index is 0.000000336. The SMILES string of the molecule is COC1=CN(N)CC(Br)=C1.O=S(=O)(O)O. The van der Waals surface area contributed by atoms with E-state index in [-0.39, 0.29) is 0 Å². The van der Waals surface area contributed by atoms with Gasteiger partial charge in [-0.15, -0.1) is 0 Å². The van der Waals surface area contributed by atoms with Crippen molar-refractivity contribution < 1.29 is 22.3 Å². The third-order valence-corrected chi connectivity index (χ3v) is 1.64. The lowest BCUT2D eigenvalue weighted by Crippen LogP contribution is -2.28. The van der Waals surface area contributed by atoms with E-state index in [9.17, 15) is 0 Å². The first-order valence-corrected chi connectivity index (χ1v) is 5.74. The molecular formula is C6H11BrN2O5S. The minimum Gasteiger partial charge on any atom is -0.495 e. The van der Waals surface area contributed by atoms with Gasteiger partial charge in [0.1, 0.15) is 5.76 Å². The number of ether oxygens (including phenoxy) is 1. The van der Waals surface area contributed by atoms with E-state index < -0.39 is 10.4 Å². The van der Waals surface area contributed by atoms with Crippen molar-refractivity contribution in [1.82, 2.24) is 5.01 Å². The number of halogens is 1. The van der Waals surface area contributed by atoms with Gasteiger partial charge in [-0.3, -0.25) is 9.11 Å². The van der Waals surface area contributed by atoms with Crippen LogP contribution in [0.5, 0.6) is 0 Å². The van der Waals surface area contributed by atoms with E-state index in [1.807, 2.05) is 6.08 Å². The molecule has 1 heterocycles. The largest absolute Gasteiger partial charge is 0.495 e. The van der Waals surface area contributed by atoms with Crippen LogP contribution in [0, 0.1) is 0 Å². The third kappa shape index (κ3) is 9.69. The van der Waals surface area contributed by atoms with Gasteiger partial charge in [-0.25, -0.2) is 5.84 Å². The topological polar surface area (TPSA) is 113 Å². The van der Waals surface area contributed by atoms with Crippen molar-refractivity contribution in [1.29, 1.82) is 0 Å². The summed E-state index contributed by atoms with van der Waals surface area (Å²) in [6.45, 7) is 0.701. The summed E-state index contributed by atoms with van der Waals surface area (Å²) in [5.74, 6) is 6.26. The van der Waals surface area contributed by atoms with Crippen LogP contribution in [0.2, 0.25) is 0 Å². The summed E-state index contributed by atoms with van der Waals surface area (Å²) >= 11 is 3.33. The fraction of sp³-hybridized carbons (Fsp3) is 0.333. The van der Waals surface area contributed by atoms with Crippen molar-refractivity contribution in [3.8, 4) is 0 Å². The summed E-state index contributed by atoms with van der Waals surface area (Å²) in [6, 6.07) is 0. The summed E-state index contributed by atoms with van der Waals surface area (Å²) in [7, 11) is -3.05. The Labute approximate surface area is 95.9 Å². The fourth-order valence-electron chi connectivity index (χ4n) is 0.732. The van der Waals surface area contributed by atoms with Crippen molar-refractivity contribution in [2.75, 3.05) is 13.7 Å². The summed E-state index contributed by atoms with van der Waals surface area (Å²) < 4.78 is 37.6. The number of nitrogens with zero attached hydrogens (tertiary/aromatic N) is 1. The third-order valence-electron chi connectivity index (χ3n) is 1.16. The lowest BCUT2D eigenvalue weighted by atomic mass is 10.3. The Bertz CT molecular complexity index is 356. The first-order chi connectivity index (χ1) is 6.72. The molecule has 0 saturated heterocycles. The van der Waals surface area contributed by atoms with Gasteiger partial charge < -0.3 is 9.75 Å². The highest BCUT2D eigenvalue weighted by molar-refractivity contribution is 9.11. The lowest BCUT2D eigenvalue weighted by molar-refractivity contribution is 0.283. The van der Waals surface area contributed by atoms with Gasteiger partial charge in [0.25, 0.3) is 0 Å². The average Bonchev–Trinajstić information content (AvgIpc) is 1.99. The van der Waals surface area contributed by atoms with Gasteiger partial charge >= 0.3 is 10.4 Å². The number of hydrazine groups is 1. The van der Waals surface area contributed by atoms with Crippen LogP contribution in [-0.2, 0) is 15.1 Å². The number of allylic oxidation sites excluding steroid dienone is 1. The van der Waals surface area contributed by atoms with Gasteiger partial charge in [0.05, 0.1) is 19.9 Å². The molecule has 88 valence electrons. The van der Waals surface area contributed by atoms with Crippen LogP contribution in [0.4, 0.5) is 0 Å². The number of methoxy groups -OCH3 is 1. The maximum atomic E-state index is 8.74. The van der Waals surface area contributed by atoms with Gasteiger partial charge in [-0.05, 0) is 6.08 Å². The maximum Gasteiger partial charge on any atom is 0.394 e. The number of hydrogen-bond acceptors (Lipinski definition) is 5. The zero-order valence-corrected chi connectivity index (χ0v) is 10.2. The van der Waals surface area contributed by atoms with Crippen LogP contribution in [-0.4, -0.2) is 36.2 Å². The first-order valence-electron chi connectivity index (χ1n) is 3.55. The Morgan fingerprint density at radius 1 is 1.60 bits per heavy atom. The molecule has 0 radical (unpaired) electrons. The first kappa shape index (κ1) is 14.4. The molecule has 1 aliphatic rings. The minimum atomic E-state index is -4.67. The predicted molar refractivity (Wildman–Crippen MR) is 57.2 cm³/mol. The molecule has 0 spiro atoms. The van der Waals surface area contributed by atoms with Crippen LogP contribution in [0.3, 0.4) is 0 Å². The highest BCUT2D eigenvalue weighted by Gasteiger charge is 2.06. The standard InChI is InChI=1S/C6H9BrN2O.H2O4S/c1-10-6-2-5(7)3-9(8)4-6;1-5(2,3)4/h2,4H,3,8H2,1H3;(H2,1,2,3,4). The number of hydrogen-bond donors (Lipinski definition) is 3. The Morgan fingerprint density at radius 2 is 2.07 bits per heavy atom. The quantitative estimate of drug-likeness (QED) is 0.471. The van der Waals surface area contributed by atoms with E-state index in [1.54, 1.807) is 18.3 Å². The molecule has 0 amide bonds. The van der Waals surface area contributed by atoms with Crippen molar-refractivity contribution in [2.24, 2.45) is 5.84 Å². The summed E-state index contributed by atoms with van der Waals surface area (Å²) in [5, 5.41) is 1.56. The smallest absolute Gasteiger partial charge is 0.394 e. The molecule has 0 saturated carbocycles. The van der Waals surface area contributed by atoms with E-state index in [1.165, 1.54) is 0 Å². The molecule has 0 aliphatic carbocycles. The van der Waals surface area contributed by atoms with E-state index in [2.05, 4.69) is 15.9 Å². The van der Waals surface area contributed by atoms with Crippen molar-refractivity contribution in [3.63, 3.8) is 0 Å². The second-order valence-electron chi connectivity index (χ2n) is 2.45. The molecule has 0 fully saturated rings. The van der Waals surface area contributed by atoms with Gasteiger partial charge in [0, 0.05) is 4.48 Å². The van der Waals surface area contributed by atoms with E-state index >= 15 is 0 Å². The molecule has 0 bridgehead atoms. The van der Waals surface area contributed by atoms with Crippen LogP contribution in [0.25, 0.3) is 0 Å². The Morgan fingerprint density at radius 3 is 2.40 bits per heavy atom. The molecule has 0 aromatic rings. The molecule has 7 nitrogen and oxygen atoms in total. The highest BCUT2D eigenvalue weighted by Crippen LogP contribution is 2.15. The van der Waals surface area contributed by atoms with Gasteiger partial charge in [0.2, 0.25) is 0 Å². The molecule has 0 aromatic carbocycles. The molecule has 4 N–H and O–H groups in total. The second kappa shape index (κ2) is 6.08. The summed E-state index contributed by atoms with van der Waals surface area (Å²) in [4.78, 5) is 0. The van der Waals surface area contributed by atoms with Crippen LogP contribution < -0.4 is 5.84 Å². The molecule has 9 heteroatoms. The van der Waals surface area contributed by atoms with Gasteiger partial charge in [-0.1, -0.05) is 15.9 Å². The zero-order chi connectivity index (χ0) is 12.1. The number of nitrogens with two attached hydrogens (primary N) is 1. The lowest BCUT2D eigenvalue weighted by Gasteiger charge is -2.18. The van der Waals surface area contributed by atoms with Gasteiger partial charge in [0.15, 0.2) is 0 Å². The van der Waals surface area contributed by atoms with E-state index in [0.29, 0.717) is 6.54 Å². The molecule has 15 heavy (non-hydrogen) atoms. The monoisotopic (exact) mass is 302 g/mol. The zero-order valence-electron chi connectivity index (χ0n) is 7.79. The number of rotatable bonds is 1. The molecule has 0 atom stereocenters. The molecule has 0 unspecified atom stereocenters. The Kier molecular flexibility index (Phi) is 5.83. The predicted octanol–water partition coefficient (Wildman–Crippen LogP) is 0.290. The van der Waals surface area contributed by atoms with Crippen molar-refractivity contribution in [3.05, 3.63) is 22.5 Å². The normalized spacial score (nSPS) is 15.9. The van der Waals surface area contributed by atoms with E-state index in [0.717, 1.165) is 10.2 Å². The molecule has 1 aliphatic heterocycles. The fourth-order valence-corrected chi connectivity index (χ4v) is 1.25. The minimum absolute atomic E-state index is 0.701. The summed E-state index contributed by atoms with van der Waals surface area (Å²) in [5.41, 5.74) is 0. The van der Waals surface area contributed by atoms with Crippen LogP contribution >= 0.6 is 15.9 Å². The Hall–Kier alpha value is -0.610. The van der Waals surface area contributed by atoms with Crippen LogP contribution in [0.1, 0.15) is 0 Å². The van der Waals surface area contributed by atoms with E-state index in [4.69, 9.17) is 28.1 Å². The van der Waals surface area contributed by atoms with Gasteiger partial charge in [-0.2, -0.15) is 8.42 Å². The molecular weight excluding hydrogens is 292 g/mol. The average molecular weight is 303 g/mol. The molecule has 1 rings (SSSR count). The van der Waals surface area contributed by atoms with Crippen molar-refractivity contribution >= 4 is 26.3 Å². The highest BCUT2D eigenvalue weighted by atomic mass is 79.9. The second-order valence-corrected chi connectivity index (χ2v) is 4.36. The molecule has 0 aromatic heterocycles.